The van der Waals surface area contributed by atoms with E-state index < -0.39 is 11.8 Å². The van der Waals surface area contributed by atoms with Gasteiger partial charge in [0.15, 0.2) is 0 Å². The maximum absolute atomic E-state index is 11.1. The molecule has 0 spiro atoms. The van der Waals surface area contributed by atoms with E-state index in [2.05, 4.69) is 11.3 Å². The van der Waals surface area contributed by atoms with Gasteiger partial charge in [0.25, 0.3) is 0 Å². The van der Waals surface area contributed by atoms with Crippen LogP contribution in [0.25, 0.3) is 0 Å². The maximum Gasteiger partial charge on any atom is 0.374 e. The molecule has 0 aromatic heterocycles. The first-order valence-corrected chi connectivity index (χ1v) is 5.12. The zero-order chi connectivity index (χ0) is 10.8. The Morgan fingerprint density at radius 2 is 2.00 bits per heavy atom. The smallest absolute Gasteiger partial charge is 0.374 e. The lowest BCUT2D eigenvalue weighted by Crippen LogP contribution is -2.17. The van der Waals surface area contributed by atoms with Gasteiger partial charge in [-0.05, 0) is 12.8 Å². The third-order valence-corrected chi connectivity index (χ3v) is 1.86. The molecule has 0 aromatic rings. The molecule has 0 atom stereocenters. The largest absolute Gasteiger partial charge is 0.456 e. The quantitative estimate of drug-likeness (QED) is 0.206. The van der Waals surface area contributed by atoms with Crippen LogP contribution in [0.5, 0.6) is 0 Å². The van der Waals surface area contributed by atoms with E-state index >= 15 is 0 Å². The van der Waals surface area contributed by atoms with Gasteiger partial charge in [-0.15, -0.1) is 11.6 Å². The van der Waals surface area contributed by atoms with E-state index in [1.165, 1.54) is 6.08 Å². The highest BCUT2D eigenvalue weighted by Crippen LogP contribution is 2.02. The van der Waals surface area contributed by atoms with Gasteiger partial charge < -0.3 is 4.74 Å². The Hall–Kier alpha value is -0.830. The monoisotopic (exact) mass is 218 g/mol. The van der Waals surface area contributed by atoms with Gasteiger partial charge in [-0.2, -0.15) is 0 Å². The molecule has 4 heteroatoms. The molecule has 0 saturated carbocycles. The van der Waals surface area contributed by atoms with Crippen molar-refractivity contribution in [3.8, 4) is 0 Å². The van der Waals surface area contributed by atoms with E-state index in [-0.39, 0.29) is 13.0 Å². The van der Waals surface area contributed by atoms with Crippen LogP contribution in [0, 0.1) is 0 Å². The van der Waals surface area contributed by atoms with Crippen molar-refractivity contribution >= 4 is 23.4 Å². The first kappa shape index (κ1) is 13.2. The number of hydrogen-bond acceptors (Lipinski definition) is 3. The van der Waals surface area contributed by atoms with Crippen molar-refractivity contribution < 1.29 is 14.3 Å². The molecule has 0 bridgehead atoms. The average molecular weight is 219 g/mol. The van der Waals surface area contributed by atoms with E-state index in [0.717, 1.165) is 12.8 Å². The Labute approximate surface area is 89.1 Å². The lowest BCUT2D eigenvalue weighted by Gasteiger charge is -2.00. The number of carbonyl (C=O) groups is 2. The fraction of sp³-hybridized carbons (Fsp3) is 0.600. The Kier molecular flexibility index (Phi) is 8.24. The van der Waals surface area contributed by atoms with E-state index in [9.17, 15) is 9.59 Å². The zero-order valence-corrected chi connectivity index (χ0v) is 8.89. The number of alkyl halides is 1. The third-order valence-electron chi connectivity index (χ3n) is 1.60. The van der Waals surface area contributed by atoms with E-state index in [1.54, 1.807) is 0 Å². The first-order valence-electron chi connectivity index (χ1n) is 4.59. The van der Waals surface area contributed by atoms with Crippen LogP contribution in [0.2, 0.25) is 0 Å². The second-order valence-corrected chi connectivity index (χ2v) is 3.19. The molecule has 0 aromatic carbocycles. The molecule has 0 aliphatic carbocycles. The fourth-order valence-corrected chi connectivity index (χ4v) is 1.06. The molecular weight excluding hydrogens is 204 g/mol. The van der Waals surface area contributed by atoms with Gasteiger partial charge in [-0.3, -0.25) is 4.79 Å². The number of Topliss-reactive ketones (excluding diaryl/α,β-unsaturated/α-hetero) is 1. The number of ketones is 1. The summed E-state index contributed by atoms with van der Waals surface area (Å²) in [6.07, 6.45) is 4.10. The van der Waals surface area contributed by atoms with Crippen LogP contribution in [0.4, 0.5) is 0 Å². The predicted molar refractivity (Wildman–Crippen MR) is 55.4 cm³/mol. The summed E-state index contributed by atoms with van der Waals surface area (Å²) in [6, 6.07) is 0. The molecule has 3 nitrogen and oxygen atoms in total. The van der Waals surface area contributed by atoms with Crippen LogP contribution < -0.4 is 0 Å². The minimum absolute atomic E-state index is 0.0895. The topological polar surface area (TPSA) is 43.4 Å². The molecule has 0 unspecified atom stereocenters. The van der Waals surface area contributed by atoms with Gasteiger partial charge in [-0.25, -0.2) is 4.79 Å². The van der Waals surface area contributed by atoms with Crippen molar-refractivity contribution in [2.45, 2.75) is 25.7 Å². The van der Waals surface area contributed by atoms with Crippen LogP contribution in [-0.2, 0) is 14.3 Å². The van der Waals surface area contributed by atoms with Gasteiger partial charge in [0, 0.05) is 12.3 Å². The van der Waals surface area contributed by atoms with Crippen LogP contribution >= 0.6 is 11.6 Å². The highest BCUT2D eigenvalue weighted by atomic mass is 35.5. The molecule has 0 N–H and O–H groups in total. The molecule has 80 valence electrons. The number of unbranched alkanes of at least 4 members (excludes halogenated alkanes) is 2. The van der Waals surface area contributed by atoms with Crippen molar-refractivity contribution in [2.75, 3.05) is 12.5 Å². The second kappa shape index (κ2) is 8.75. The van der Waals surface area contributed by atoms with Crippen molar-refractivity contribution in [1.82, 2.24) is 0 Å². The first-order chi connectivity index (χ1) is 6.72. The normalized spacial score (nSPS) is 9.50. The maximum atomic E-state index is 11.1. The summed E-state index contributed by atoms with van der Waals surface area (Å²) in [5, 5.41) is 0. The van der Waals surface area contributed by atoms with Crippen LogP contribution in [0.15, 0.2) is 12.7 Å². The fourth-order valence-electron chi connectivity index (χ4n) is 0.874. The highest BCUT2D eigenvalue weighted by Gasteiger charge is 2.13. The number of ether oxygens (including phenoxy) is 1. The lowest BCUT2D eigenvalue weighted by atomic mass is 10.1. The minimum Gasteiger partial charge on any atom is -0.456 e. The van der Waals surface area contributed by atoms with E-state index in [4.69, 9.17) is 11.6 Å². The zero-order valence-electron chi connectivity index (χ0n) is 8.13. The summed E-state index contributed by atoms with van der Waals surface area (Å²) in [5.74, 6) is -0.646. The SMILES string of the molecule is C=CCOC(=O)C(=O)CCCCCCl. The number of halogens is 1. The average Bonchev–Trinajstić information content (AvgIpc) is 2.20. The summed E-state index contributed by atoms with van der Waals surface area (Å²) in [5.41, 5.74) is 0. The highest BCUT2D eigenvalue weighted by molar-refractivity contribution is 6.33. The molecule has 0 saturated heterocycles. The molecule has 0 amide bonds. The molecule has 0 radical (unpaired) electrons. The summed E-state index contributed by atoms with van der Waals surface area (Å²) in [7, 11) is 0. The predicted octanol–water partition coefficient (Wildman–Crippen LogP) is 2.08. The van der Waals surface area contributed by atoms with E-state index in [1.807, 2.05) is 0 Å². The minimum atomic E-state index is -0.768. The lowest BCUT2D eigenvalue weighted by molar-refractivity contribution is -0.153. The molecule has 0 fully saturated rings. The summed E-state index contributed by atoms with van der Waals surface area (Å²) >= 11 is 5.46. The number of carbonyl (C=O) groups excluding carboxylic acids is 2. The standard InChI is InChI=1S/C10H15ClO3/c1-2-8-14-10(13)9(12)6-4-3-5-7-11/h2H,1,3-8H2. The Balaban J connectivity index is 3.52. The number of hydrogen-bond donors (Lipinski definition) is 0. The van der Waals surface area contributed by atoms with Gasteiger partial charge in [0.05, 0.1) is 0 Å². The van der Waals surface area contributed by atoms with Gasteiger partial charge in [0.1, 0.15) is 6.61 Å². The summed E-state index contributed by atoms with van der Waals surface area (Å²) in [6.45, 7) is 3.46. The third kappa shape index (κ3) is 6.66. The van der Waals surface area contributed by atoms with E-state index in [0.29, 0.717) is 12.3 Å². The summed E-state index contributed by atoms with van der Waals surface area (Å²) < 4.78 is 4.58. The second-order valence-electron chi connectivity index (χ2n) is 2.81. The Bertz CT molecular complexity index is 202. The molecule has 14 heavy (non-hydrogen) atoms. The molecule has 0 heterocycles. The van der Waals surface area contributed by atoms with Crippen molar-refractivity contribution in [3.05, 3.63) is 12.7 Å². The molecule has 0 rings (SSSR count). The molecule has 0 aliphatic heterocycles. The van der Waals surface area contributed by atoms with Crippen molar-refractivity contribution in [3.63, 3.8) is 0 Å². The number of esters is 1. The van der Waals surface area contributed by atoms with Crippen molar-refractivity contribution in [1.29, 1.82) is 0 Å². The van der Waals surface area contributed by atoms with Crippen molar-refractivity contribution in [2.24, 2.45) is 0 Å². The summed E-state index contributed by atoms with van der Waals surface area (Å²) in [4.78, 5) is 22.0. The molecular formula is C10H15ClO3. The number of rotatable bonds is 8. The van der Waals surface area contributed by atoms with Crippen LogP contribution in [0.3, 0.4) is 0 Å². The molecule has 0 aliphatic rings. The van der Waals surface area contributed by atoms with Gasteiger partial charge >= 0.3 is 5.97 Å². The Morgan fingerprint density at radius 3 is 2.57 bits per heavy atom. The van der Waals surface area contributed by atoms with Gasteiger partial charge in [-0.1, -0.05) is 19.1 Å². The van der Waals surface area contributed by atoms with Crippen LogP contribution in [-0.4, -0.2) is 24.2 Å². The van der Waals surface area contributed by atoms with Gasteiger partial charge in [0.2, 0.25) is 5.78 Å². The Morgan fingerprint density at radius 1 is 1.29 bits per heavy atom. The van der Waals surface area contributed by atoms with Crippen LogP contribution in [0.1, 0.15) is 25.7 Å².